The maximum Gasteiger partial charge on any atom is 0.351 e. The lowest BCUT2D eigenvalue weighted by Gasteiger charge is -2.33. The molecule has 0 radical (unpaired) electrons. The summed E-state index contributed by atoms with van der Waals surface area (Å²) in [6.45, 7) is 11.2. The second-order valence-corrected chi connectivity index (χ2v) is 12.4. The third kappa shape index (κ3) is 7.71. The summed E-state index contributed by atoms with van der Waals surface area (Å²) in [5, 5.41) is 9.55. The predicted molar refractivity (Wildman–Crippen MR) is 158 cm³/mol. The SMILES string of the molecule is CCOP(=O)(CN1C=CC(NC(=O)c2cc(OC3=NC=C(C(=O)N4CCC4)NC3C)cc(OC(C)C)c2)N1C)OCC. The first-order chi connectivity index (χ1) is 20.0. The van der Waals surface area contributed by atoms with E-state index in [0.717, 1.165) is 19.5 Å². The third-order valence-electron chi connectivity index (χ3n) is 6.67. The minimum absolute atomic E-state index is 0.0118. The van der Waals surface area contributed by atoms with Gasteiger partial charge in [0, 0.05) is 38.0 Å². The van der Waals surface area contributed by atoms with E-state index in [0.29, 0.717) is 28.7 Å². The van der Waals surface area contributed by atoms with Crippen molar-refractivity contribution in [3.8, 4) is 11.5 Å². The number of likely N-dealkylation sites (N-methyl/N-ethyl adjacent to an activating group) is 1. The van der Waals surface area contributed by atoms with E-state index in [-0.39, 0.29) is 43.5 Å². The van der Waals surface area contributed by atoms with Crippen LogP contribution in [0.25, 0.3) is 0 Å². The minimum atomic E-state index is -3.34. The van der Waals surface area contributed by atoms with Crippen LogP contribution in [0.15, 0.2) is 47.4 Å². The Kier molecular flexibility index (Phi) is 10.3. The summed E-state index contributed by atoms with van der Waals surface area (Å²) in [7, 11) is -1.57. The molecule has 1 aromatic carbocycles. The van der Waals surface area contributed by atoms with Crippen LogP contribution in [-0.4, -0.2) is 90.6 Å². The van der Waals surface area contributed by atoms with Gasteiger partial charge in [-0.1, -0.05) is 0 Å². The minimum Gasteiger partial charge on any atom is -0.491 e. The van der Waals surface area contributed by atoms with E-state index in [4.69, 9.17) is 18.5 Å². The number of likely N-dealkylation sites (tertiary alicyclic amines) is 1. The van der Waals surface area contributed by atoms with Crippen molar-refractivity contribution in [1.29, 1.82) is 0 Å². The highest BCUT2D eigenvalue weighted by atomic mass is 31.2. The van der Waals surface area contributed by atoms with Crippen molar-refractivity contribution in [1.82, 2.24) is 25.6 Å². The monoisotopic (exact) mass is 604 g/mol. The molecule has 4 rings (SSSR count). The first-order valence-corrected chi connectivity index (χ1v) is 15.9. The van der Waals surface area contributed by atoms with Gasteiger partial charge in [-0.05, 0) is 59.2 Å². The molecule has 3 aliphatic rings. The predicted octanol–water partition coefficient (Wildman–Crippen LogP) is 3.27. The number of rotatable bonds is 12. The zero-order valence-corrected chi connectivity index (χ0v) is 25.9. The van der Waals surface area contributed by atoms with Gasteiger partial charge in [0.1, 0.15) is 35.7 Å². The fraction of sp³-hybridized carbons (Fsp3) is 0.536. The number of benzene rings is 1. The van der Waals surface area contributed by atoms with Gasteiger partial charge in [-0.2, -0.15) is 5.01 Å². The highest BCUT2D eigenvalue weighted by Gasteiger charge is 2.33. The molecule has 2 unspecified atom stereocenters. The van der Waals surface area contributed by atoms with Crippen molar-refractivity contribution in [2.75, 3.05) is 39.6 Å². The summed E-state index contributed by atoms with van der Waals surface area (Å²) in [4.78, 5) is 32.1. The number of amides is 2. The molecule has 42 heavy (non-hydrogen) atoms. The van der Waals surface area contributed by atoms with Gasteiger partial charge in [-0.15, -0.1) is 0 Å². The Balaban J connectivity index is 1.47. The molecule has 2 atom stereocenters. The fourth-order valence-corrected chi connectivity index (χ4v) is 6.16. The number of carbonyl (C=O) groups is 2. The summed E-state index contributed by atoms with van der Waals surface area (Å²) in [5.74, 6) is 0.730. The van der Waals surface area contributed by atoms with E-state index in [1.165, 1.54) is 6.20 Å². The molecule has 13 nitrogen and oxygen atoms in total. The lowest BCUT2D eigenvalue weighted by Crippen LogP contribution is -2.48. The lowest BCUT2D eigenvalue weighted by molar-refractivity contribution is -0.130. The Morgan fingerprint density at radius 2 is 1.83 bits per heavy atom. The van der Waals surface area contributed by atoms with Crippen molar-refractivity contribution in [3.05, 3.63) is 47.9 Å². The smallest absolute Gasteiger partial charge is 0.351 e. The van der Waals surface area contributed by atoms with E-state index < -0.39 is 13.8 Å². The average molecular weight is 605 g/mol. The van der Waals surface area contributed by atoms with Crippen LogP contribution < -0.4 is 20.1 Å². The van der Waals surface area contributed by atoms with Crippen LogP contribution in [0.4, 0.5) is 0 Å². The van der Waals surface area contributed by atoms with E-state index in [1.807, 2.05) is 20.8 Å². The molecule has 0 bridgehead atoms. The van der Waals surface area contributed by atoms with Crippen LogP contribution in [0.1, 0.15) is 51.4 Å². The Hall–Kier alpha value is -3.38. The van der Waals surface area contributed by atoms with Gasteiger partial charge in [0.05, 0.1) is 25.5 Å². The summed E-state index contributed by atoms with van der Waals surface area (Å²) in [5.41, 5.74) is 0.743. The number of nitrogens with one attached hydrogen (secondary N) is 2. The Morgan fingerprint density at radius 3 is 2.43 bits per heavy atom. The molecular weight excluding hydrogens is 563 g/mol. The maximum absolute atomic E-state index is 13.4. The number of hydrogen-bond donors (Lipinski definition) is 2. The topological polar surface area (TPSA) is 134 Å². The summed E-state index contributed by atoms with van der Waals surface area (Å²) >= 11 is 0. The van der Waals surface area contributed by atoms with E-state index in [1.54, 1.807) is 66.3 Å². The quantitative estimate of drug-likeness (QED) is 0.343. The molecule has 0 spiro atoms. The molecular formula is C28H41N6O7P. The number of hydrogen-bond acceptors (Lipinski definition) is 11. The van der Waals surface area contributed by atoms with Gasteiger partial charge in [0.2, 0.25) is 5.90 Å². The third-order valence-corrected chi connectivity index (χ3v) is 8.61. The van der Waals surface area contributed by atoms with E-state index in [9.17, 15) is 14.2 Å². The largest absolute Gasteiger partial charge is 0.491 e. The van der Waals surface area contributed by atoms with Gasteiger partial charge in [0.25, 0.3) is 11.8 Å². The first-order valence-electron chi connectivity index (χ1n) is 14.2. The number of hydrazine groups is 1. The van der Waals surface area contributed by atoms with E-state index in [2.05, 4.69) is 15.6 Å². The summed E-state index contributed by atoms with van der Waals surface area (Å²) < 4.78 is 35.8. The van der Waals surface area contributed by atoms with Crippen LogP contribution in [0.3, 0.4) is 0 Å². The molecule has 1 fully saturated rings. The number of aliphatic imine (C=N–C) groups is 1. The molecule has 3 heterocycles. The zero-order valence-electron chi connectivity index (χ0n) is 25.0. The average Bonchev–Trinajstić information content (AvgIpc) is 3.22. The molecule has 0 saturated carbocycles. The molecule has 0 aliphatic carbocycles. The molecule has 0 aromatic heterocycles. The van der Waals surface area contributed by atoms with E-state index >= 15 is 0 Å². The standard InChI is InChI=1S/C28H41N6O7P/c1-7-38-42(37,39-8-2)18-34-13-10-25(32(34)6)31-26(35)21-14-22(40-19(3)4)16-23(15-21)41-27-20(5)30-24(17-29-27)28(36)33-11-9-12-33/h10,13-17,19-20,25,30H,7-9,11-12,18H2,1-6H3,(H,31,35). The summed E-state index contributed by atoms with van der Waals surface area (Å²) in [6.07, 6.45) is 5.36. The molecule has 230 valence electrons. The van der Waals surface area contributed by atoms with Gasteiger partial charge < -0.3 is 34.1 Å². The Bertz CT molecular complexity index is 1290. The van der Waals surface area contributed by atoms with Gasteiger partial charge in [-0.25, -0.2) is 4.99 Å². The highest BCUT2D eigenvalue weighted by molar-refractivity contribution is 7.53. The highest BCUT2D eigenvalue weighted by Crippen LogP contribution is 2.49. The number of nitrogens with zero attached hydrogens (tertiary/aromatic N) is 4. The summed E-state index contributed by atoms with van der Waals surface area (Å²) in [6, 6.07) is 4.58. The van der Waals surface area contributed by atoms with Crippen LogP contribution >= 0.6 is 7.60 Å². The molecule has 3 aliphatic heterocycles. The first kappa shape index (κ1) is 31.6. The Labute approximate surface area is 247 Å². The molecule has 2 amide bonds. The van der Waals surface area contributed by atoms with Crippen LogP contribution in [0.2, 0.25) is 0 Å². The fourth-order valence-electron chi connectivity index (χ4n) is 4.48. The molecule has 14 heteroatoms. The normalized spacial score (nSPS) is 20.5. The number of carbonyl (C=O) groups excluding carboxylic acids is 2. The Morgan fingerprint density at radius 1 is 1.14 bits per heavy atom. The van der Waals surface area contributed by atoms with Crippen molar-refractivity contribution >= 4 is 25.3 Å². The van der Waals surface area contributed by atoms with Crippen molar-refractivity contribution in [3.63, 3.8) is 0 Å². The lowest BCUT2D eigenvalue weighted by atomic mass is 10.1. The maximum atomic E-state index is 13.4. The molecule has 2 N–H and O–H groups in total. The van der Waals surface area contributed by atoms with Crippen molar-refractivity contribution in [2.24, 2.45) is 4.99 Å². The van der Waals surface area contributed by atoms with Crippen molar-refractivity contribution in [2.45, 2.75) is 59.4 Å². The number of ether oxygens (including phenoxy) is 2. The van der Waals surface area contributed by atoms with Crippen LogP contribution in [0, 0.1) is 0 Å². The van der Waals surface area contributed by atoms with Crippen LogP contribution in [0.5, 0.6) is 11.5 Å². The van der Waals surface area contributed by atoms with Crippen LogP contribution in [-0.2, 0) is 18.4 Å². The zero-order chi connectivity index (χ0) is 30.4. The van der Waals surface area contributed by atoms with Crippen molar-refractivity contribution < 1.29 is 32.7 Å². The van der Waals surface area contributed by atoms with Gasteiger partial charge >= 0.3 is 7.60 Å². The molecule has 1 saturated heterocycles. The molecule has 1 aromatic rings. The van der Waals surface area contributed by atoms with Gasteiger partial charge in [0.15, 0.2) is 0 Å². The second kappa shape index (κ2) is 13.7. The van der Waals surface area contributed by atoms with Gasteiger partial charge in [-0.3, -0.25) is 19.2 Å². The second-order valence-electron chi connectivity index (χ2n) is 10.3.